The predicted octanol–water partition coefficient (Wildman–Crippen LogP) is 0.107. The van der Waals surface area contributed by atoms with E-state index in [2.05, 4.69) is 20.8 Å². The number of hydrogen-bond acceptors (Lipinski definition) is 4. The summed E-state index contributed by atoms with van der Waals surface area (Å²) in [7, 11) is 0. The second-order valence-electron chi connectivity index (χ2n) is 4.36. The SMILES string of the molecule is CCNC(=O)Cn1nnnc1C(C)(C)C. The summed E-state index contributed by atoms with van der Waals surface area (Å²) in [6, 6.07) is 0. The highest BCUT2D eigenvalue weighted by atomic mass is 16.2. The maximum atomic E-state index is 11.4. The lowest BCUT2D eigenvalue weighted by atomic mass is 9.96. The molecule has 1 rings (SSSR count). The van der Waals surface area contributed by atoms with Gasteiger partial charge in [0.15, 0.2) is 5.82 Å². The first-order chi connectivity index (χ1) is 6.95. The first-order valence-electron chi connectivity index (χ1n) is 4.98. The Morgan fingerprint density at radius 3 is 2.67 bits per heavy atom. The average molecular weight is 211 g/mol. The number of carbonyl (C=O) groups excluding carboxylic acids is 1. The number of nitrogens with zero attached hydrogens (tertiary/aromatic N) is 4. The normalized spacial score (nSPS) is 11.5. The number of likely N-dealkylation sites (N-methyl/N-ethyl adjacent to an activating group) is 1. The Morgan fingerprint density at radius 2 is 2.13 bits per heavy atom. The van der Waals surface area contributed by atoms with E-state index >= 15 is 0 Å². The summed E-state index contributed by atoms with van der Waals surface area (Å²) in [6.45, 7) is 8.69. The molecule has 15 heavy (non-hydrogen) atoms. The number of hydrogen-bond donors (Lipinski definition) is 1. The van der Waals surface area contributed by atoms with Gasteiger partial charge in [0.1, 0.15) is 6.54 Å². The van der Waals surface area contributed by atoms with Crippen LogP contribution in [-0.4, -0.2) is 32.7 Å². The molecule has 0 aromatic carbocycles. The minimum Gasteiger partial charge on any atom is -0.355 e. The number of tetrazole rings is 1. The van der Waals surface area contributed by atoms with Gasteiger partial charge >= 0.3 is 0 Å². The smallest absolute Gasteiger partial charge is 0.241 e. The number of amides is 1. The van der Waals surface area contributed by atoms with Crippen LogP contribution in [0.2, 0.25) is 0 Å². The van der Waals surface area contributed by atoms with E-state index in [0.717, 1.165) is 0 Å². The van der Waals surface area contributed by atoms with Crippen LogP contribution in [0, 0.1) is 0 Å². The highest BCUT2D eigenvalue weighted by Crippen LogP contribution is 2.18. The Balaban J connectivity index is 2.78. The van der Waals surface area contributed by atoms with Gasteiger partial charge in [-0.1, -0.05) is 20.8 Å². The molecular formula is C9H17N5O. The van der Waals surface area contributed by atoms with Crippen LogP contribution in [0.5, 0.6) is 0 Å². The monoisotopic (exact) mass is 211 g/mol. The minimum absolute atomic E-state index is 0.0738. The van der Waals surface area contributed by atoms with Crippen molar-refractivity contribution >= 4 is 5.91 Å². The van der Waals surface area contributed by atoms with Gasteiger partial charge in [0.25, 0.3) is 0 Å². The standard InChI is InChI=1S/C9H17N5O/c1-5-10-7(15)6-14-8(9(2,3)4)11-12-13-14/h5-6H2,1-4H3,(H,10,15). The molecule has 0 aliphatic carbocycles. The van der Waals surface area contributed by atoms with Crippen molar-refractivity contribution in [2.45, 2.75) is 39.7 Å². The van der Waals surface area contributed by atoms with Gasteiger partial charge in [-0.2, -0.15) is 0 Å². The van der Waals surface area contributed by atoms with Crippen LogP contribution in [0.4, 0.5) is 0 Å². The van der Waals surface area contributed by atoms with E-state index in [0.29, 0.717) is 12.4 Å². The third kappa shape index (κ3) is 3.00. The van der Waals surface area contributed by atoms with Crippen molar-refractivity contribution < 1.29 is 4.79 Å². The molecule has 1 N–H and O–H groups in total. The number of carbonyl (C=O) groups is 1. The molecule has 0 saturated heterocycles. The van der Waals surface area contributed by atoms with Gasteiger partial charge in [0.2, 0.25) is 5.91 Å². The molecule has 84 valence electrons. The summed E-state index contributed by atoms with van der Waals surface area (Å²) in [5.41, 5.74) is -0.157. The van der Waals surface area contributed by atoms with Crippen molar-refractivity contribution in [3.05, 3.63) is 5.82 Å². The second kappa shape index (κ2) is 4.37. The third-order valence-corrected chi connectivity index (χ3v) is 1.87. The van der Waals surface area contributed by atoms with Crippen LogP contribution in [-0.2, 0) is 16.8 Å². The zero-order valence-electron chi connectivity index (χ0n) is 9.61. The van der Waals surface area contributed by atoms with E-state index in [1.54, 1.807) is 0 Å². The van der Waals surface area contributed by atoms with Crippen molar-refractivity contribution in [3.8, 4) is 0 Å². The fourth-order valence-electron chi connectivity index (χ4n) is 1.24. The van der Waals surface area contributed by atoms with Gasteiger partial charge < -0.3 is 5.32 Å². The molecule has 1 heterocycles. The summed E-state index contributed by atoms with van der Waals surface area (Å²) >= 11 is 0. The molecule has 0 bridgehead atoms. The lowest BCUT2D eigenvalue weighted by Crippen LogP contribution is -2.30. The molecule has 0 unspecified atom stereocenters. The summed E-state index contributed by atoms with van der Waals surface area (Å²) in [4.78, 5) is 11.4. The van der Waals surface area contributed by atoms with E-state index < -0.39 is 0 Å². The van der Waals surface area contributed by atoms with Crippen LogP contribution >= 0.6 is 0 Å². The molecule has 0 spiro atoms. The molecule has 0 atom stereocenters. The minimum atomic E-state index is -0.157. The third-order valence-electron chi connectivity index (χ3n) is 1.87. The molecule has 1 amide bonds. The van der Waals surface area contributed by atoms with Gasteiger partial charge in [0, 0.05) is 12.0 Å². The first-order valence-corrected chi connectivity index (χ1v) is 4.98. The zero-order valence-corrected chi connectivity index (χ0v) is 9.61. The quantitative estimate of drug-likeness (QED) is 0.770. The molecule has 6 heteroatoms. The van der Waals surface area contributed by atoms with Crippen molar-refractivity contribution in [1.82, 2.24) is 25.5 Å². The lowest BCUT2D eigenvalue weighted by molar-refractivity contribution is -0.121. The fraction of sp³-hybridized carbons (Fsp3) is 0.778. The van der Waals surface area contributed by atoms with Crippen molar-refractivity contribution in [2.75, 3.05) is 6.54 Å². The van der Waals surface area contributed by atoms with E-state index in [1.807, 2.05) is 27.7 Å². The van der Waals surface area contributed by atoms with E-state index in [9.17, 15) is 4.79 Å². The maximum Gasteiger partial charge on any atom is 0.241 e. The largest absolute Gasteiger partial charge is 0.355 e. The summed E-state index contributed by atoms with van der Waals surface area (Å²) in [6.07, 6.45) is 0. The van der Waals surface area contributed by atoms with E-state index in [1.165, 1.54) is 4.68 Å². The van der Waals surface area contributed by atoms with E-state index in [-0.39, 0.29) is 17.9 Å². The zero-order chi connectivity index (χ0) is 11.5. The van der Waals surface area contributed by atoms with Crippen LogP contribution in [0.1, 0.15) is 33.5 Å². The molecule has 1 aromatic heterocycles. The highest BCUT2D eigenvalue weighted by Gasteiger charge is 2.22. The van der Waals surface area contributed by atoms with Gasteiger partial charge in [-0.3, -0.25) is 4.79 Å². The van der Waals surface area contributed by atoms with Gasteiger partial charge in [-0.05, 0) is 17.4 Å². The van der Waals surface area contributed by atoms with Crippen molar-refractivity contribution in [1.29, 1.82) is 0 Å². The molecule has 0 aliphatic rings. The Labute approximate surface area is 89.0 Å². The van der Waals surface area contributed by atoms with Gasteiger partial charge in [0.05, 0.1) is 0 Å². The number of rotatable bonds is 3. The lowest BCUT2D eigenvalue weighted by Gasteiger charge is -2.16. The predicted molar refractivity (Wildman–Crippen MR) is 55.2 cm³/mol. The molecule has 1 aromatic rings. The molecular weight excluding hydrogens is 194 g/mol. The summed E-state index contributed by atoms with van der Waals surface area (Å²) < 4.78 is 1.53. The van der Waals surface area contributed by atoms with Crippen LogP contribution in [0.15, 0.2) is 0 Å². The Bertz CT molecular complexity index is 339. The second-order valence-corrected chi connectivity index (χ2v) is 4.36. The Kier molecular flexibility index (Phi) is 3.39. The molecule has 0 saturated carbocycles. The van der Waals surface area contributed by atoms with Crippen molar-refractivity contribution in [3.63, 3.8) is 0 Å². The number of aromatic nitrogens is 4. The van der Waals surface area contributed by atoms with E-state index in [4.69, 9.17) is 0 Å². The Morgan fingerprint density at radius 1 is 1.47 bits per heavy atom. The van der Waals surface area contributed by atoms with Crippen molar-refractivity contribution in [2.24, 2.45) is 0 Å². The first kappa shape index (κ1) is 11.6. The average Bonchev–Trinajstić information content (AvgIpc) is 2.51. The molecule has 0 fully saturated rings. The maximum absolute atomic E-state index is 11.4. The highest BCUT2D eigenvalue weighted by molar-refractivity contribution is 5.75. The summed E-state index contributed by atoms with van der Waals surface area (Å²) in [5.74, 6) is 0.643. The fourth-order valence-corrected chi connectivity index (χ4v) is 1.24. The Hall–Kier alpha value is -1.46. The van der Waals surface area contributed by atoms with Gasteiger partial charge in [-0.25, -0.2) is 4.68 Å². The summed E-state index contributed by atoms with van der Waals surface area (Å²) in [5, 5.41) is 14.0. The molecule has 0 aliphatic heterocycles. The van der Waals surface area contributed by atoms with Crippen LogP contribution in [0.25, 0.3) is 0 Å². The number of nitrogens with one attached hydrogen (secondary N) is 1. The topological polar surface area (TPSA) is 72.7 Å². The van der Waals surface area contributed by atoms with Gasteiger partial charge in [-0.15, -0.1) is 5.10 Å². The molecule has 0 radical (unpaired) electrons. The van der Waals surface area contributed by atoms with Crippen LogP contribution < -0.4 is 5.32 Å². The van der Waals surface area contributed by atoms with Crippen LogP contribution in [0.3, 0.4) is 0 Å². The molecule has 6 nitrogen and oxygen atoms in total.